The number of benzene rings is 1. The number of alkyl halides is 1. The zero-order valence-corrected chi connectivity index (χ0v) is 8.64. The number of rotatable bonds is 2. The van der Waals surface area contributed by atoms with Gasteiger partial charge in [0.15, 0.2) is 5.78 Å². The van der Waals surface area contributed by atoms with Gasteiger partial charge in [0, 0.05) is 5.56 Å². The van der Waals surface area contributed by atoms with Gasteiger partial charge in [0.05, 0.1) is 10.5 Å². The first-order valence-corrected chi connectivity index (χ1v) is 4.67. The van der Waals surface area contributed by atoms with E-state index in [2.05, 4.69) is 15.9 Å². The van der Waals surface area contributed by atoms with Crippen LogP contribution in [0.2, 0.25) is 0 Å². The van der Waals surface area contributed by atoms with Crippen LogP contribution in [0.4, 0.5) is 10.1 Å². The SMILES string of the molecule is CC(Br)C(=O)c1ccc(F)c(N)c1. The van der Waals surface area contributed by atoms with E-state index in [1.165, 1.54) is 18.2 Å². The Balaban J connectivity index is 3.04. The van der Waals surface area contributed by atoms with E-state index < -0.39 is 5.82 Å². The van der Waals surface area contributed by atoms with Gasteiger partial charge in [-0.1, -0.05) is 15.9 Å². The molecule has 0 heterocycles. The maximum Gasteiger partial charge on any atom is 0.176 e. The summed E-state index contributed by atoms with van der Waals surface area (Å²) < 4.78 is 12.7. The average Bonchev–Trinajstić information content (AvgIpc) is 2.08. The van der Waals surface area contributed by atoms with Gasteiger partial charge in [0.25, 0.3) is 0 Å². The molecule has 0 aliphatic heterocycles. The van der Waals surface area contributed by atoms with Crippen LogP contribution in [-0.4, -0.2) is 10.6 Å². The van der Waals surface area contributed by atoms with Gasteiger partial charge in [-0.25, -0.2) is 4.39 Å². The first kappa shape index (κ1) is 10.2. The smallest absolute Gasteiger partial charge is 0.176 e. The number of hydrogen-bond acceptors (Lipinski definition) is 2. The van der Waals surface area contributed by atoms with Crippen molar-refractivity contribution < 1.29 is 9.18 Å². The van der Waals surface area contributed by atoms with Crippen LogP contribution in [0.1, 0.15) is 17.3 Å². The lowest BCUT2D eigenvalue weighted by atomic mass is 10.1. The van der Waals surface area contributed by atoms with Crippen LogP contribution < -0.4 is 5.73 Å². The van der Waals surface area contributed by atoms with Crippen LogP contribution in [-0.2, 0) is 0 Å². The van der Waals surface area contributed by atoms with E-state index in [9.17, 15) is 9.18 Å². The van der Waals surface area contributed by atoms with Crippen molar-refractivity contribution in [1.29, 1.82) is 0 Å². The fraction of sp³-hybridized carbons (Fsp3) is 0.222. The summed E-state index contributed by atoms with van der Waals surface area (Å²) in [5.41, 5.74) is 5.73. The number of ketones is 1. The lowest BCUT2D eigenvalue weighted by Crippen LogP contribution is -2.10. The molecule has 2 nitrogen and oxygen atoms in total. The number of nitrogens with two attached hydrogens (primary N) is 1. The Hall–Kier alpha value is -0.900. The lowest BCUT2D eigenvalue weighted by molar-refractivity contribution is 0.0996. The number of halogens is 2. The van der Waals surface area contributed by atoms with Crippen molar-refractivity contribution in [2.75, 3.05) is 5.73 Å². The summed E-state index contributed by atoms with van der Waals surface area (Å²) in [6.45, 7) is 1.71. The molecule has 0 saturated heterocycles. The van der Waals surface area contributed by atoms with Crippen LogP contribution in [0.3, 0.4) is 0 Å². The van der Waals surface area contributed by atoms with Crippen LogP contribution in [0, 0.1) is 5.82 Å². The maximum absolute atomic E-state index is 12.7. The van der Waals surface area contributed by atoms with Crippen LogP contribution in [0.25, 0.3) is 0 Å². The highest BCUT2D eigenvalue weighted by Crippen LogP contribution is 2.15. The molecular weight excluding hydrogens is 237 g/mol. The molecule has 1 unspecified atom stereocenters. The molecular formula is C9H9BrFNO. The minimum absolute atomic E-state index is 0.000926. The van der Waals surface area contributed by atoms with E-state index in [-0.39, 0.29) is 16.3 Å². The first-order chi connectivity index (χ1) is 6.02. The minimum atomic E-state index is -0.501. The Morgan fingerprint density at radius 3 is 2.69 bits per heavy atom. The quantitative estimate of drug-likeness (QED) is 0.494. The minimum Gasteiger partial charge on any atom is -0.396 e. The standard InChI is InChI=1S/C9H9BrFNO/c1-5(10)9(13)6-2-3-7(11)8(12)4-6/h2-5H,12H2,1H3. The van der Waals surface area contributed by atoms with Crippen molar-refractivity contribution in [1.82, 2.24) is 0 Å². The molecule has 0 radical (unpaired) electrons. The van der Waals surface area contributed by atoms with Gasteiger partial charge >= 0.3 is 0 Å². The molecule has 1 aromatic carbocycles. The first-order valence-electron chi connectivity index (χ1n) is 3.75. The molecule has 2 N–H and O–H groups in total. The summed E-state index contributed by atoms with van der Waals surface area (Å²) in [6, 6.07) is 3.96. The van der Waals surface area contributed by atoms with Gasteiger partial charge in [-0.15, -0.1) is 0 Å². The van der Waals surface area contributed by atoms with E-state index in [0.29, 0.717) is 5.56 Å². The maximum atomic E-state index is 12.7. The van der Waals surface area contributed by atoms with Crippen molar-refractivity contribution in [3.63, 3.8) is 0 Å². The second kappa shape index (κ2) is 3.87. The van der Waals surface area contributed by atoms with Crippen LogP contribution >= 0.6 is 15.9 Å². The Labute approximate surface area is 84.1 Å². The van der Waals surface area contributed by atoms with E-state index in [1.54, 1.807) is 6.92 Å². The third-order valence-corrected chi connectivity index (χ3v) is 2.06. The molecule has 13 heavy (non-hydrogen) atoms. The summed E-state index contributed by atoms with van der Waals surface area (Å²) >= 11 is 3.14. The molecule has 1 rings (SSSR count). The molecule has 70 valence electrons. The van der Waals surface area contributed by atoms with E-state index in [1.807, 2.05) is 0 Å². The fourth-order valence-electron chi connectivity index (χ4n) is 0.927. The van der Waals surface area contributed by atoms with E-state index >= 15 is 0 Å². The predicted molar refractivity (Wildman–Crippen MR) is 53.5 cm³/mol. The third kappa shape index (κ3) is 2.28. The molecule has 0 fully saturated rings. The highest BCUT2D eigenvalue weighted by molar-refractivity contribution is 9.10. The summed E-state index contributed by atoms with van der Waals surface area (Å²) in [7, 11) is 0. The van der Waals surface area contributed by atoms with Gasteiger partial charge in [-0.2, -0.15) is 0 Å². The average molecular weight is 246 g/mol. The topological polar surface area (TPSA) is 43.1 Å². The molecule has 0 saturated carbocycles. The second-order valence-electron chi connectivity index (χ2n) is 2.72. The summed E-state index contributed by atoms with van der Waals surface area (Å²) in [6.07, 6.45) is 0. The van der Waals surface area contributed by atoms with Crippen LogP contribution in [0.15, 0.2) is 18.2 Å². The monoisotopic (exact) mass is 245 g/mol. The van der Waals surface area contributed by atoms with Gasteiger partial charge < -0.3 is 5.73 Å². The lowest BCUT2D eigenvalue weighted by Gasteiger charge is -2.03. The van der Waals surface area contributed by atoms with Crippen molar-refractivity contribution in [3.05, 3.63) is 29.6 Å². The Kier molecular flexibility index (Phi) is 3.03. The Bertz CT molecular complexity index is 338. The van der Waals surface area contributed by atoms with Gasteiger partial charge in [-0.05, 0) is 25.1 Å². The van der Waals surface area contributed by atoms with Crippen molar-refractivity contribution in [3.8, 4) is 0 Å². The summed E-state index contributed by atoms with van der Waals surface area (Å²) in [5, 5.41) is 0. The number of carbonyl (C=O) groups excluding carboxylic acids is 1. The predicted octanol–water partition coefficient (Wildman–Crippen LogP) is 2.37. The number of nitrogen functional groups attached to an aromatic ring is 1. The normalized spacial score (nSPS) is 12.5. The molecule has 0 amide bonds. The van der Waals surface area contributed by atoms with E-state index in [4.69, 9.17) is 5.73 Å². The molecule has 0 aliphatic carbocycles. The molecule has 1 atom stereocenters. The molecule has 0 bridgehead atoms. The second-order valence-corrected chi connectivity index (χ2v) is 4.09. The molecule has 0 aromatic heterocycles. The highest BCUT2D eigenvalue weighted by Gasteiger charge is 2.12. The number of carbonyl (C=O) groups is 1. The molecule has 1 aromatic rings. The zero-order valence-electron chi connectivity index (χ0n) is 7.05. The Morgan fingerprint density at radius 2 is 2.23 bits per heavy atom. The number of Topliss-reactive ketones (excluding diaryl/α,β-unsaturated/α-hetero) is 1. The highest BCUT2D eigenvalue weighted by atomic mass is 79.9. The van der Waals surface area contributed by atoms with Crippen molar-refractivity contribution in [2.24, 2.45) is 0 Å². The molecule has 0 spiro atoms. The largest absolute Gasteiger partial charge is 0.396 e. The summed E-state index contributed by atoms with van der Waals surface area (Å²) in [4.78, 5) is 11.1. The van der Waals surface area contributed by atoms with Gasteiger partial charge in [0.1, 0.15) is 5.82 Å². The van der Waals surface area contributed by atoms with Crippen LogP contribution in [0.5, 0.6) is 0 Å². The third-order valence-electron chi connectivity index (χ3n) is 1.64. The van der Waals surface area contributed by atoms with Gasteiger partial charge in [-0.3, -0.25) is 4.79 Å². The van der Waals surface area contributed by atoms with Crippen molar-refractivity contribution in [2.45, 2.75) is 11.8 Å². The summed E-state index contributed by atoms with van der Waals surface area (Å²) in [5.74, 6) is -0.606. The number of hydrogen-bond donors (Lipinski definition) is 1. The number of anilines is 1. The van der Waals surface area contributed by atoms with Crippen molar-refractivity contribution >= 4 is 27.4 Å². The Morgan fingerprint density at radius 1 is 1.62 bits per heavy atom. The zero-order chi connectivity index (χ0) is 10.0. The molecule has 4 heteroatoms. The molecule has 0 aliphatic rings. The van der Waals surface area contributed by atoms with Gasteiger partial charge in [0.2, 0.25) is 0 Å². The van der Waals surface area contributed by atoms with E-state index in [0.717, 1.165) is 0 Å². The fourth-order valence-corrected chi connectivity index (χ4v) is 1.19.